The molecule has 1 N–H and O–H groups in total. The van der Waals surface area contributed by atoms with Crippen LogP contribution in [0.2, 0.25) is 0 Å². The molecule has 0 heterocycles. The molecule has 0 aliphatic rings. The van der Waals surface area contributed by atoms with Crippen LogP contribution in [0.5, 0.6) is 5.75 Å². The maximum absolute atomic E-state index is 14.0. The highest BCUT2D eigenvalue weighted by Gasteiger charge is 2.87. The number of ether oxygens (including phenoxy) is 1. The van der Waals surface area contributed by atoms with E-state index in [0.29, 0.717) is 6.92 Å². The summed E-state index contributed by atoms with van der Waals surface area (Å²) in [6.07, 6.45) is -9.85. The number of aliphatic hydroxyl groups is 1. The van der Waals surface area contributed by atoms with Crippen LogP contribution in [0.4, 0.5) is 48.3 Å². The molecule has 13 heteroatoms. The second-order valence-corrected chi connectivity index (χ2v) is 6.31. The third-order valence-electron chi connectivity index (χ3n) is 3.94. The summed E-state index contributed by atoms with van der Waals surface area (Å²) in [4.78, 5) is 0. The van der Waals surface area contributed by atoms with Gasteiger partial charge in [0.25, 0.3) is 0 Å². The van der Waals surface area contributed by atoms with Crippen molar-refractivity contribution < 1.29 is 58.1 Å². The van der Waals surface area contributed by atoms with Crippen molar-refractivity contribution in [3.05, 3.63) is 29.8 Å². The van der Waals surface area contributed by atoms with Gasteiger partial charge in [0.1, 0.15) is 5.75 Å². The van der Waals surface area contributed by atoms with Gasteiger partial charge in [0.15, 0.2) is 0 Å². The van der Waals surface area contributed by atoms with Gasteiger partial charge in [0, 0.05) is 5.56 Å². The molecule has 29 heavy (non-hydrogen) atoms. The summed E-state index contributed by atoms with van der Waals surface area (Å²) in [5.41, 5.74) is -3.66. The molecule has 0 aliphatic carbocycles. The largest absolute Gasteiger partial charge is 0.493 e. The fourth-order valence-corrected chi connectivity index (χ4v) is 2.44. The third kappa shape index (κ3) is 4.24. The van der Waals surface area contributed by atoms with Crippen molar-refractivity contribution in [2.45, 2.75) is 55.7 Å². The van der Waals surface area contributed by atoms with Gasteiger partial charge in [0.2, 0.25) is 0 Å². The summed E-state index contributed by atoms with van der Waals surface area (Å²) in [6, 6.07) is 4.43. The van der Waals surface area contributed by atoms with E-state index in [9.17, 15) is 53.4 Å². The second-order valence-electron chi connectivity index (χ2n) is 6.31. The smallest absolute Gasteiger partial charge is 0.460 e. The monoisotopic (exact) mass is 448 g/mol. The minimum atomic E-state index is -7.52. The highest BCUT2D eigenvalue weighted by Crippen LogP contribution is 2.59. The van der Waals surface area contributed by atoms with Crippen molar-refractivity contribution in [2.75, 3.05) is 6.61 Å². The number of hydrogen-bond donors (Lipinski definition) is 1. The number of hydrogen-bond acceptors (Lipinski definition) is 2. The predicted molar refractivity (Wildman–Crippen MR) is 77.6 cm³/mol. The summed E-state index contributed by atoms with van der Waals surface area (Å²) in [7, 11) is 0. The maximum atomic E-state index is 14.0. The first-order chi connectivity index (χ1) is 12.8. The lowest BCUT2D eigenvalue weighted by molar-refractivity contribution is -0.424. The van der Waals surface area contributed by atoms with Crippen LogP contribution in [0, 0.1) is 0 Å². The van der Waals surface area contributed by atoms with Crippen LogP contribution in [0.3, 0.4) is 0 Å². The molecule has 168 valence electrons. The van der Waals surface area contributed by atoms with Gasteiger partial charge in [-0.15, -0.1) is 0 Å². The molecule has 2 nitrogen and oxygen atoms in total. The summed E-state index contributed by atoms with van der Waals surface area (Å²) in [6.45, 7) is 1.80. The van der Waals surface area contributed by atoms with Crippen LogP contribution < -0.4 is 4.74 Å². The van der Waals surface area contributed by atoms with E-state index in [1.807, 2.05) is 0 Å². The van der Waals surface area contributed by atoms with Crippen molar-refractivity contribution in [1.29, 1.82) is 0 Å². The summed E-state index contributed by atoms with van der Waals surface area (Å²) < 4.78 is 149. The van der Waals surface area contributed by atoms with Gasteiger partial charge in [-0.05, 0) is 19.9 Å². The SMILES string of the molecule is CCOc1ccccc1C(C)(O)CC(F)(F)C(F)(F)C(F)(F)C(F)(F)C(F)(F)F. The Morgan fingerprint density at radius 2 is 1.28 bits per heavy atom. The van der Waals surface area contributed by atoms with E-state index in [1.165, 1.54) is 13.0 Å². The quantitative estimate of drug-likeness (QED) is 0.511. The van der Waals surface area contributed by atoms with E-state index < -0.39 is 47.5 Å². The molecule has 0 spiro atoms. The molecule has 1 atom stereocenters. The number of rotatable bonds is 8. The van der Waals surface area contributed by atoms with Crippen molar-refractivity contribution in [3.8, 4) is 5.75 Å². The van der Waals surface area contributed by atoms with Crippen molar-refractivity contribution in [3.63, 3.8) is 0 Å². The molecule has 0 radical (unpaired) electrons. The number of para-hydroxylation sites is 1. The number of halogens is 11. The Morgan fingerprint density at radius 3 is 1.72 bits per heavy atom. The van der Waals surface area contributed by atoms with E-state index in [4.69, 9.17) is 4.74 Å². The van der Waals surface area contributed by atoms with Crippen molar-refractivity contribution >= 4 is 0 Å². The molecule has 1 rings (SSSR count). The molecule has 1 aromatic carbocycles. The number of benzene rings is 1. The molecular formula is C16H15F11O2. The molecule has 0 fully saturated rings. The Morgan fingerprint density at radius 1 is 0.793 bits per heavy atom. The summed E-state index contributed by atoms with van der Waals surface area (Å²) >= 11 is 0. The molecule has 0 saturated carbocycles. The minimum absolute atomic E-state index is 0.0878. The fourth-order valence-electron chi connectivity index (χ4n) is 2.44. The minimum Gasteiger partial charge on any atom is -0.493 e. The van der Waals surface area contributed by atoms with E-state index >= 15 is 0 Å². The molecule has 0 saturated heterocycles. The lowest BCUT2D eigenvalue weighted by Gasteiger charge is -2.39. The van der Waals surface area contributed by atoms with Crippen molar-refractivity contribution in [1.82, 2.24) is 0 Å². The standard InChI is InChI=1S/C16H15F11O2/c1-3-29-10-7-5-4-6-9(10)11(2,28)8-12(17,18)13(19,20)14(21,22)15(23,24)16(25,26)27/h4-7,28H,3,8H2,1-2H3. The molecule has 1 unspecified atom stereocenters. The Balaban J connectivity index is 3.40. The van der Waals surface area contributed by atoms with Gasteiger partial charge < -0.3 is 9.84 Å². The second kappa shape index (κ2) is 7.47. The lowest BCUT2D eigenvalue weighted by atomic mass is 9.84. The van der Waals surface area contributed by atoms with Crippen LogP contribution >= 0.6 is 0 Å². The summed E-state index contributed by atoms with van der Waals surface area (Å²) in [5.74, 6) is -28.7. The average molecular weight is 448 g/mol. The van der Waals surface area contributed by atoms with Crippen LogP contribution in [0.25, 0.3) is 0 Å². The molecule has 0 amide bonds. The zero-order valence-electron chi connectivity index (χ0n) is 14.7. The molecule has 0 aromatic heterocycles. The van der Waals surface area contributed by atoms with E-state index in [-0.39, 0.29) is 12.4 Å². The predicted octanol–water partition coefficient (Wildman–Crippen LogP) is 5.79. The van der Waals surface area contributed by atoms with E-state index in [0.717, 1.165) is 18.2 Å². The number of alkyl halides is 11. The zero-order valence-corrected chi connectivity index (χ0v) is 14.7. The highest BCUT2D eigenvalue weighted by atomic mass is 19.4. The van der Waals surface area contributed by atoms with Crippen LogP contribution in [-0.4, -0.2) is 41.6 Å². The lowest BCUT2D eigenvalue weighted by Crippen LogP contribution is -2.67. The Bertz CT molecular complexity index is 711. The molecule has 1 aromatic rings. The van der Waals surface area contributed by atoms with Crippen LogP contribution in [0.15, 0.2) is 24.3 Å². The maximum Gasteiger partial charge on any atom is 0.460 e. The van der Waals surface area contributed by atoms with Gasteiger partial charge in [-0.2, -0.15) is 48.3 Å². The van der Waals surface area contributed by atoms with Gasteiger partial charge in [-0.1, -0.05) is 18.2 Å². The third-order valence-corrected chi connectivity index (χ3v) is 3.94. The van der Waals surface area contributed by atoms with E-state index in [1.54, 1.807) is 0 Å². The Labute approximate surface area is 157 Å². The molecule has 0 bridgehead atoms. The first kappa shape index (κ1) is 25.2. The fraction of sp³-hybridized carbons (Fsp3) is 0.625. The van der Waals surface area contributed by atoms with Gasteiger partial charge >= 0.3 is 29.9 Å². The normalized spacial score (nSPS) is 16.5. The molecular weight excluding hydrogens is 433 g/mol. The van der Waals surface area contributed by atoms with Gasteiger partial charge in [-0.25, -0.2) is 0 Å². The average Bonchev–Trinajstić information content (AvgIpc) is 2.53. The Hall–Kier alpha value is -1.79. The Kier molecular flexibility index (Phi) is 6.51. The highest BCUT2D eigenvalue weighted by molar-refractivity contribution is 5.38. The molecule has 0 aliphatic heterocycles. The van der Waals surface area contributed by atoms with Crippen molar-refractivity contribution in [2.24, 2.45) is 0 Å². The first-order valence-corrected chi connectivity index (χ1v) is 7.79. The van der Waals surface area contributed by atoms with Crippen LogP contribution in [0.1, 0.15) is 25.8 Å². The van der Waals surface area contributed by atoms with Gasteiger partial charge in [-0.3, -0.25) is 0 Å². The zero-order chi connectivity index (χ0) is 23.1. The van der Waals surface area contributed by atoms with E-state index in [2.05, 4.69) is 0 Å². The van der Waals surface area contributed by atoms with Gasteiger partial charge in [0.05, 0.1) is 18.6 Å². The first-order valence-electron chi connectivity index (χ1n) is 7.79. The topological polar surface area (TPSA) is 29.5 Å². The van der Waals surface area contributed by atoms with Crippen LogP contribution in [-0.2, 0) is 5.60 Å². The summed E-state index contributed by atoms with van der Waals surface area (Å²) in [5, 5.41) is 10.2.